The van der Waals surface area contributed by atoms with E-state index in [9.17, 15) is 4.79 Å². The highest BCUT2D eigenvalue weighted by Gasteiger charge is 2.22. The van der Waals surface area contributed by atoms with Gasteiger partial charge in [0.25, 0.3) is 0 Å². The highest BCUT2D eigenvalue weighted by molar-refractivity contribution is 5.99. The molecule has 0 radical (unpaired) electrons. The molecule has 2 N–H and O–H groups in total. The minimum atomic E-state index is 0.106. The fraction of sp³-hybridized carbons (Fsp3) is 0.533. The third-order valence-corrected chi connectivity index (χ3v) is 3.84. The molecule has 0 spiro atoms. The molecular formula is C15H21N5O2. The Morgan fingerprint density at radius 3 is 3.05 bits per heavy atom. The summed E-state index contributed by atoms with van der Waals surface area (Å²) in [6.07, 6.45) is 9.68. The van der Waals surface area contributed by atoms with Crippen LogP contribution in [0.15, 0.2) is 33.9 Å². The Morgan fingerprint density at radius 1 is 1.36 bits per heavy atom. The van der Waals surface area contributed by atoms with Crippen molar-refractivity contribution < 1.29 is 9.53 Å². The first kappa shape index (κ1) is 14.9. The molecule has 2 heterocycles. The number of allylic oxidation sites excluding steroid dienone is 3. The number of carbonyl (C=O) groups is 1. The van der Waals surface area contributed by atoms with Crippen LogP contribution in [0.5, 0.6) is 0 Å². The number of carbonyl (C=O) groups excluding carboxylic acids is 1. The van der Waals surface area contributed by atoms with Gasteiger partial charge in [0.1, 0.15) is 6.17 Å². The van der Waals surface area contributed by atoms with Gasteiger partial charge < -0.3 is 10.2 Å². The molecule has 1 unspecified atom stereocenters. The minimum absolute atomic E-state index is 0.106. The smallest absolute Gasteiger partial charge is 0.238 e. The summed E-state index contributed by atoms with van der Waals surface area (Å²) in [7, 11) is 0. The third-order valence-electron chi connectivity index (χ3n) is 3.84. The molecule has 0 bridgehead atoms. The van der Waals surface area contributed by atoms with Gasteiger partial charge in [-0.2, -0.15) is 0 Å². The average molecular weight is 303 g/mol. The first-order valence-electron chi connectivity index (χ1n) is 7.66. The molecule has 118 valence electrons. The Labute approximate surface area is 129 Å². The molecule has 1 saturated heterocycles. The second-order valence-electron chi connectivity index (χ2n) is 5.36. The number of hydrogen-bond donors (Lipinski definition) is 2. The molecule has 1 fully saturated rings. The van der Waals surface area contributed by atoms with Crippen LogP contribution in [0, 0.1) is 0 Å². The van der Waals surface area contributed by atoms with Crippen LogP contribution in [0.1, 0.15) is 19.3 Å². The van der Waals surface area contributed by atoms with E-state index in [4.69, 9.17) is 4.74 Å². The molecule has 22 heavy (non-hydrogen) atoms. The average Bonchev–Trinajstić information content (AvgIpc) is 2.58. The van der Waals surface area contributed by atoms with Crippen LogP contribution in [0.4, 0.5) is 0 Å². The van der Waals surface area contributed by atoms with Crippen LogP contribution in [-0.2, 0) is 9.53 Å². The Kier molecular flexibility index (Phi) is 4.97. The number of Topliss-reactive ketones (excluding diaryl/α,β-unsaturated/α-hetero) is 1. The first-order chi connectivity index (χ1) is 10.8. The molecule has 3 rings (SSSR count). The van der Waals surface area contributed by atoms with Gasteiger partial charge in [0.2, 0.25) is 5.96 Å². The molecule has 1 aliphatic carbocycles. The predicted molar refractivity (Wildman–Crippen MR) is 84.5 cm³/mol. The molecule has 0 aromatic rings. The fourth-order valence-corrected chi connectivity index (χ4v) is 2.60. The van der Waals surface area contributed by atoms with Crippen molar-refractivity contribution in [3.05, 3.63) is 23.9 Å². The maximum Gasteiger partial charge on any atom is 0.238 e. The molecule has 0 amide bonds. The molecule has 0 saturated carbocycles. The van der Waals surface area contributed by atoms with Crippen molar-refractivity contribution in [2.24, 2.45) is 9.98 Å². The summed E-state index contributed by atoms with van der Waals surface area (Å²) < 4.78 is 5.36. The van der Waals surface area contributed by atoms with E-state index in [0.29, 0.717) is 18.0 Å². The second kappa shape index (κ2) is 7.33. The molecule has 3 aliphatic rings. The highest BCUT2D eigenvalue weighted by Crippen LogP contribution is 2.12. The lowest BCUT2D eigenvalue weighted by Gasteiger charge is -2.32. The Balaban J connectivity index is 1.55. The summed E-state index contributed by atoms with van der Waals surface area (Å²) in [4.78, 5) is 22.8. The zero-order valence-electron chi connectivity index (χ0n) is 12.5. The van der Waals surface area contributed by atoms with E-state index in [1.807, 2.05) is 18.4 Å². The quantitative estimate of drug-likeness (QED) is 0.582. The molecule has 0 aromatic carbocycles. The van der Waals surface area contributed by atoms with Crippen LogP contribution in [-0.4, -0.2) is 55.3 Å². The minimum Gasteiger partial charge on any atom is -0.379 e. The van der Waals surface area contributed by atoms with Crippen molar-refractivity contribution in [1.82, 2.24) is 15.8 Å². The number of guanidine groups is 1. The molecular weight excluding hydrogens is 282 g/mol. The highest BCUT2D eigenvalue weighted by atomic mass is 16.5. The maximum atomic E-state index is 11.7. The van der Waals surface area contributed by atoms with Crippen molar-refractivity contribution in [3.8, 4) is 0 Å². The summed E-state index contributed by atoms with van der Waals surface area (Å²) in [6.45, 7) is 3.30. The van der Waals surface area contributed by atoms with E-state index in [1.165, 1.54) is 0 Å². The van der Waals surface area contributed by atoms with Crippen molar-refractivity contribution in [1.29, 1.82) is 0 Å². The van der Waals surface area contributed by atoms with Crippen LogP contribution < -0.4 is 10.9 Å². The van der Waals surface area contributed by atoms with Crippen LogP contribution in [0.2, 0.25) is 0 Å². The SMILES string of the molecule is O=C1CCC=CC1=CNNC1=NC(N2CCOCC2)CC=N1. The van der Waals surface area contributed by atoms with E-state index in [-0.39, 0.29) is 11.9 Å². The van der Waals surface area contributed by atoms with E-state index < -0.39 is 0 Å². The number of hydrogen-bond acceptors (Lipinski definition) is 7. The van der Waals surface area contributed by atoms with Gasteiger partial charge in [-0.1, -0.05) is 12.2 Å². The number of ether oxygens (including phenoxy) is 1. The lowest BCUT2D eigenvalue weighted by atomic mass is 10.0. The van der Waals surface area contributed by atoms with E-state index in [2.05, 4.69) is 25.7 Å². The van der Waals surface area contributed by atoms with E-state index in [1.54, 1.807) is 6.20 Å². The van der Waals surface area contributed by atoms with Gasteiger partial charge in [0, 0.05) is 43.9 Å². The van der Waals surface area contributed by atoms with E-state index in [0.717, 1.165) is 39.1 Å². The monoisotopic (exact) mass is 303 g/mol. The van der Waals surface area contributed by atoms with Crippen molar-refractivity contribution >= 4 is 18.0 Å². The molecule has 2 aliphatic heterocycles. The Morgan fingerprint density at radius 2 is 2.23 bits per heavy atom. The third kappa shape index (κ3) is 3.80. The molecule has 7 nitrogen and oxygen atoms in total. The number of nitrogens with one attached hydrogen (secondary N) is 2. The number of hydrazine groups is 1. The predicted octanol–water partition coefficient (Wildman–Crippen LogP) is 0.372. The molecule has 7 heteroatoms. The molecule has 1 atom stereocenters. The van der Waals surface area contributed by atoms with Crippen molar-refractivity contribution in [2.45, 2.75) is 25.4 Å². The lowest BCUT2D eigenvalue weighted by Crippen LogP contribution is -2.45. The van der Waals surface area contributed by atoms with Crippen LogP contribution in [0.3, 0.4) is 0 Å². The maximum absolute atomic E-state index is 11.7. The van der Waals surface area contributed by atoms with Crippen LogP contribution in [0.25, 0.3) is 0 Å². The summed E-state index contributed by atoms with van der Waals surface area (Å²) in [5.74, 6) is 0.684. The summed E-state index contributed by atoms with van der Waals surface area (Å²) >= 11 is 0. The summed E-state index contributed by atoms with van der Waals surface area (Å²) in [5, 5.41) is 0. The van der Waals surface area contributed by atoms with Crippen LogP contribution >= 0.6 is 0 Å². The second-order valence-corrected chi connectivity index (χ2v) is 5.36. The zero-order chi connectivity index (χ0) is 15.2. The number of morpholine rings is 1. The lowest BCUT2D eigenvalue weighted by molar-refractivity contribution is -0.115. The van der Waals surface area contributed by atoms with Gasteiger partial charge in [0.15, 0.2) is 5.78 Å². The standard InChI is InChI=1S/C15H21N5O2/c21-13-4-2-1-3-12(13)11-17-19-15-16-6-5-14(18-15)20-7-9-22-10-8-20/h1,3,6,11,14,17H,2,4-5,7-10H2,(H,18,19). The van der Waals surface area contributed by atoms with Gasteiger partial charge in [-0.05, 0) is 6.42 Å². The Hall–Kier alpha value is -1.99. The first-order valence-corrected chi connectivity index (χ1v) is 7.66. The van der Waals surface area contributed by atoms with Gasteiger partial charge in [-0.15, -0.1) is 0 Å². The van der Waals surface area contributed by atoms with Crippen molar-refractivity contribution in [2.75, 3.05) is 26.3 Å². The normalized spacial score (nSPS) is 27.8. The number of nitrogens with zero attached hydrogens (tertiary/aromatic N) is 3. The topological polar surface area (TPSA) is 78.3 Å². The summed E-state index contributed by atoms with van der Waals surface area (Å²) in [6, 6.07) is 0. The Bertz CT molecular complexity index is 532. The molecule has 0 aromatic heterocycles. The zero-order valence-corrected chi connectivity index (χ0v) is 12.5. The largest absolute Gasteiger partial charge is 0.379 e. The van der Waals surface area contributed by atoms with Gasteiger partial charge in [0.05, 0.1) is 13.2 Å². The fourth-order valence-electron chi connectivity index (χ4n) is 2.60. The number of ketones is 1. The number of aliphatic imine (C=N–C) groups is 2. The summed E-state index contributed by atoms with van der Waals surface area (Å²) in [5.41, 5.74) is 6.52. The van der Waals surface area contributed by atoms with Gasteiger partial charge in [-0.25, -0.2) is 9.98 Å². The van der Waals surface area contributed by atoms with E-state index >= 15 is 0 Å². The number of rotatable bonds is 3. The van der Waals surface area contributed by atoms with Crippen molar-refractivity contribution in [3.63, 3.8) is 0 Å². The van der Waals surface area contributed by atoms with Gasteiger partial charge >= 0.3 is 0 Å². The van der Waals surface area contributed by atoms with Gasteiger partial charge in [-0.3, -0.25) is 15.1 Å².